The molecule has 4 rings (SSSR count). The summed E-state index contributed by atoms with van der Waals surface area (Å²) in [5, 5.41) is 8.70. The fourth-order valence-electron chi connectivity index (χ4n) is 4.53. The normalized spacial score (nSPS) is 25.9. The number of amides is 1. The number of aryl methyl sites for hydroxylation is 2. The van der Waals surface area contributed by atoms with E-state index in [-0.39, 0.29) is 17.9 Å². The molecule has 7 heteroatoms. The van der Waals surface area contributed by atoms with Crippen LogP contribution in [0.25, 0.3) is 11.3 Å². The van der Waals surface area contributed by atoms with Gasteiger partial charge in [-0.2, -0.15) is 5.10 Å². The van der Waals surface area contributed by atoms with Crippen molar-refractivity contribution < 1.29 is 14.1 Å². The number of hydrogen-bond donors (Lipinski definition) is 0. The number of carbonyl (C=O) groups is 1. The average Bonchev–Trinajstić information content (AvgIpc) is 3.40. The van der Waals surface area contributed by atoms with Crippen LogP contribution in [0.2, 0.25) is 0 Å². The average molecular weight is 372 g/mol. The fourth-order valence-corrected chi connectivity index (χ4v) is 4.53. The summed E-state index contributed by atoms with van der Waals surface area (Å²) in [6, 6.07) is 1.94. The zero-order valence-corrected chi connectivity index (χ0v) is 16.4. The van der Waals surface area contributed by atoms with Gasteiger partial charge in [-0.05, 0) is 45.4 Å². The third-order valence-corrected chi connectivity index (χ3v) is 5.96. The molecular weight excluding hydrogens is 344 g/mol. The molecule has 1 amide bonds. The summed E-state index contributed by atoms with van der Waals surface area (Å²) in [5.74, 6) is 1.10. The molecule has 27 heavy (non-hydrogen) atoms. The van der Waals surface area contributed by atoms with Crippen LogP contribution >= 0.6 is 0 Å². The van der Waals surface area contributed by atoms with E-state index < -0.39 is 0 Å². The molecule has 3 heterocycles. The molecule has 0 unspecified atom stereocenters. The van der Waals surface area contributed by atoms with Gasteiger partial charge in [0.05, 0.1) is 29.1 Å². The maximum atomic E-state index is 13.3. The molecule has 0 N–H and O–H groups in total. The van der Waals surface area contributed by atoms with Gasteiger partial charge in [0.15, 0.2) is 5.76 Å². The van der Waals surface area contributed by atoms with Gasteiger partial charge >= 0.3 is 0 Å². The Morgan fingerprint density at radius 1 is 1.26 bits per heavy atom. The highest BCUT2D eigenvalue weighted by Crippen LogP contribution is 2.39. The summed E-state index contributed by atoms with van der Waals surface area (Å²) >= 11 is 0. The molecule has 0 bridgehead atoms. The monoisotopic (exact) mass is 372 g/mol. The number of aromatic nitrogens is 3. The molecular formula is C20H28N4O3. The predicted molar refractivity (Wildman–Crippen MR) is 99.9 cm³/mol. The SMILES string of the molecule is COC1CCC(C(=O)N2CCC[C@H]2c2nn(C)cc2-c2cc(C)no2)CC1. The van der Waals surface area contributed by atoms with Gasteiger partial charge in [0.25, 0.3) is 0 Å². The lowest BCUT2D eigenvalue weighted by molar-refractivity contribution is -0.138. The van der Waals surface area contributed by atoms with Crippen LogP contribution in [0.3, 0.4) is 0 Å². The molecule has 0 spiro atoms. The van der Waals surface area contributed by atoms with E-state index in [4.69, 9.17) is 14.4 Å². The number of carbonyl (C=O) groups excluding carboxylic acids is 1. The quantitative estimate of drug-likeness (QED) is 0.824. The van der Waals surface area contributed by atoms with Crippen molar-refractivity contribution in [1.82, 2.24) is 19.8 Å². The third-order valence-electron chi connectivity index (χ3n) is 5.96. The molecule has 1 aliphatic carbocycles. The van der Waals surface area contributed by atoms with Crippen molar-refractivity contribution in [2.45, 2.75) is 57.6 Å². The largest absolute Gasteiger partial charge is 0.381 e. The summed E-state index contributed by atoms with van der Waals surface area (Å²) < 4.78 is 12.7. The molecule has 2 aromatic rings. The van der Waals surface area contributed by atoms with E-state index in [1.54, 1.807) is 11.8 Å². The Hall–Kier alpha value is -2.15. The van der Waals surface area contributed by atoms with Crippen LogP contribution in [-0.4, -0.2) is 45.5 Å². The summed E-state index contributed by atoms with van der Waals surface area (Å²) in [7, 11) is 3.67. The summed E-state index contributed by atoms with van der Waals surface area (Å²) in [5.41, 5.74) is 2.70. The lowest BCUT2D eigenvalue weighted by Crippen LogP contribution is -2.38. The second-order valence-corrected chi connectivity index (χ2v) is 7.83. The smallest absolute Gasteiger partial charge is 0.226 e. The van der Waals surface area contributed by atoms with Crippen LogP contribution < -0.4 is 0 Å². The lowest BCUT2D eigenvalue weighted by Gasteiger charge is -2.32. The van der Waals surface area contributed by atoms with Crippen molar-refractivity contribution >= 4 is 5.91 Å². The van der Waals surface area contributed by atoms with Crippen LogP contribution in [-0.2, 0) is 16.6 Å². The highest BCUT2D eigenvalue weighted by atomic mass is 16.5. The molecule has 2 aliphatic rings. The van der Waals surface area contributed by atoms with Gasteiger partial charge in [0.1, 0.15) is 0 Å². The highest BCUT2D eigenvalue weighted by molar-refractivity contribution is 5.80. The molecule has 1 saturated heterocycles. The second kappa shape index (κ2) is 7.46. The molecule has 1 aliphatic heterocycles. The van der Waals surface area contributed by atoms with E-state index in [0.717, 1.165) is 67.8 Å². The Labute approximate surface area is 159 Å². The van der Waals surface area contributed by atoms with Crippen LogP contribution in [0.4, 0.5) is 0 Å². The topological polar surface area (TPSA) is 73.4 Å². The van der Waals surface area contributed by atoms with Gasteiger partial charge in [-0.25, -0.2) is 0 Å². The first-order chi connectivity index (χ1) is 13.1. The van der Waals surface area contributed by atoms with Crippen LogP contribution in [0.1, 0.15) is 56.0 Å². The van der Waals surface area contributed by atoms with E-state index in [9.17, 15) is 4.79 Å². The maximum absolute atomic E-state index is 13.3. The number of ether oxygens (including phenoxy) is 1. The first-order valence-corrected chi connectivity index (χ1v) is 9.87. The fraction of sp³-hybridized carbons (Fsp3) is 0.650. The number of hydrogen-bond acceptors (Lipinski definition) is 5. The molecule has 0 aromatic carbocycles. The Morgan fingerprint density at radius 3 is 2.70 bits per heavy atom. The summed E-state index contributed by atoms with van der Waals surface area (Å²) in [6.45, 7) is 2.71. The molecule has 146 valence electrons. The van der Waals surface area contributed by atoms with Crippen molar-refractivity contribution in [2.75, 3.05) is 13.7 Å². The molecule has 0 radical (unpaired) electrons. The highest BCUT2D eigenvalue weighted by Gasteiger charge is 2.38. The van der Waals surface area contributed by atoms with Crippen molar-refractivity contribution in [2.24, 2.45) is 13.0 Å². The van der Waals surface area contributed by atoms with E-state index >= 15 is 0 Å². The second-order valence-electron chi connectivity index (χ2n) is 7.83. The summed E-state index contributed by atoms with van der Waals surface area (Å²) in [4.78, 5) is 15.3. The minimum absolute atomic E-state index is 0.0132. The van der Waals surface area contributed by atoms with Gasteiger partial charge in [-0.3, -0.25) is 9.48 Å². The minimum Gasteiger partial charge on any atom is -0.381 e. The maximum Gasteiger partial charge on any atom is 0.226 e. The molecule has 2 fully saturated rings. The van der Waals surface area contributed by atoms with Crippen molar-refractivity contribution in [3.8, 4) is 11.3 Å². The van der Waals surface area contributed by atoms with E-state index in [1.165, 1.54) is 0 Å². The molecule has 2 aromatic heterocycles. The number of rotatable bonds is 4. The van der Waals surface area contributed by atoms with Gasteiger partial charge in [-0.1, -0.05) is 5.16 Å². The van der Waals surface area contributed by atoms with E-state index in [1.807, 2.05) is 31.1 Å². The van der Waals surface area contributed by atoms with Gasteiger partial charge in [-0.15, -0.1) is 0 Å². The van der Waals surface area contributed by atoms with Crippen molar-refractivity contribution in [3.63, 3.8) is 0 Å². The number of likely N-dealkylation sites (tertiary alicyclic amines) is 1. The van der Waals surface area contributed by atoms with Gasteiger partial charge in [0, 0.05) is 38.9 Å². The van der Waals surface area contributed by atoms with Gasteiger partial charge in [0.2, 0.25) is 5.91 Å². The van der Waals surface area contributed by atoms with E-state index in [2.05, 4.69) is 5.16 Å². The number of nitrogens with zero attached hydrogens (tertiary/aromatic N) is 4. The number of methoxy groups -OCH3 is 1. The van der Waals surface area contributed by atoms with Crippen LogP contribution in [0.5, 0.6) is 0 Å². The Bertz CT molecular complexity index is 804. The van der Waals surface area contributed by atoms with Crippen molar-refractivity contribution in [1.29, 1.82) is 0 Å². The Balaban J connectivity index is 1.56. The first-order valence-electron chi connectivity index (χ1n) is 9.87. The third kappa shape index (κ3) is 3.52. The van der Waals surface area contributed by atoms with Gasteiger partial charge < -0.3 is 14.2 Å². The predicted octanol–water partition coefficient (Wildman–Crippen LogP) is 3.25. The standard InChI is InChI=1S/C20H28N4O3/c1-13-11-18(27-22-13)16-12-23(2)21-19(16)17-5-4-10-24(17)20(25)14-6-8-15(26-3)9-7-14/h11-12,14-15,17H,4-10H2,1-3H3/t14?,15?,17-/m0/s1. The lowest BCUT2D eigenvalue weighted by atomic mass is 9.86. The zero-order chi connectivity index (χ0) is 19.0. The molecule has 1 saturated carbocycles. The van der Waals surface area contributed by atoms with Crippen LogP contribution in [0.15, 0.2) is 16.8 Å². The minimum atomic E-state index is 0.0132. The molecule has 1 atom stereocenters. The summed E-state index contributed by atoms with van der Waals surface area (Å²) in [6.07, 6.45) is 7.98. The van der Waals surface area contributed by atoms with E-state index in [0.29, 0.717) is 6.10 Å². The zero-order valence-electron chi connectivity index (χ0n) is 16.4. The van der Waals surface area contributed by atoms with Crippen LogP contribution in [0, 0.1) is 12.8 Å². The Kier molecular flexibility index (Phi) is 5.04. The van der Waals surface area contributed by atoms with Crippen molar-refractivity contribution in [3.05, 3.63) is 23.7 Å². The first kappa shape index (κ1) is 18.2. The Morgan fingerprint density at radius 2 is 2.04 bits per heavy atom. The molecule has 7 nitrogen and oxygen atoms in total.